The van der Waals surface area contributed by atoms with Gasteiger partial charge in [0.25, 0.3) is 0 Å². The molecule has 0 amide bonds. The number of carbonyl (C=O) groups is 1. The molecule has 2 aliphatic rings. The normalized spacial score (nSPS) is 18.2. The highest BCUT2D eigenvalue weighted by molar-refractivity contribution is 8.16. The number of nitrogens with zero attached hydrogens (tertiary/aromatic N) is 4. The average molecular weight is 539 g/mol. The van der Waals surface area contributed by atoms with E-state index >= 15 is 0 Å². The zero-order valence-corrected chi connectivity index (χ0v) is 22.1. The molecule has 1 spiro atoms. The molecule has 0 N–H and O–H groups in total. The van der Waals surface area contributed by atoms with Crippen LogP contribution in [0.1, 0.15) is 23.6 Å². The van der Waals surface area contributed by atoms with Crippen molar-refractivity contribution in [3.05, 3.63) is 131 Å². The van der Waals surface area contributed by atoms with Crippen LogP contribution in [0.15, 0.2) is 119 Å². The van der Waals surface area contributed by atoms with Crippen LogP contribution in [0.4, 0.5) is 11.4 Å². The number of carbonyl (C=O) groups excluding carboxylic acids is 1. The predicted octanol–water partition coefficient (Wildman–Crippen LogP) is 6.85. The molecule has 4 aromatic carbocycles. The van der Waals surface area contributed by atoms with Crippen LogP contribution in [-0.2, 0) is 14.5 Å². The van der Waals surface area contributed by atoms with E-state index in [0.717, 1.165) is 33.8 Å². The quantitative estimate of drug-likeness (QED) is 0.260. The minimum Gasteiger partial charge on any atom is -0.461 e. The van der Waals surface area contributed by atoms with Gasteiger partial charge >= 0.3 is 5.97 Å². The Kier molecular flexibility index (Phi) is 6.39. The largest absolute Gasteiger partial charge is 0.461 e. The van der Waals surface area contributed by atoms with Gasteiger partial charge in [-0.15, -0.1) is 0 Å². The third-order valence-corrected chi connectivity index (χ3v) is 7.82. The summed E-state index contributed by atoms with van der Waals surface area (Å²) in [5.41, 5.74) is 5.26. The van der Waals surface area contributed by atoms with Crippen molar-refractivity contribution in [1.82, 2.24) is 0 Å². The van der Waals surface area contributed by atoms with Crippen LogP contribution in [0, 0.1) is 0 Å². The first-order valence-corrected chi connectivity index (χ1v) is 13.4. The van der Waals surface area contributed by atoms with Crippen molar-refractivity contribution < 1.29 is 9.53 Å². The van der Waals surface area contributed by atoms with Crippen LogP contribution in [0.2, 0.25) is 5.02 Å². The summed E-state index contributed by atoms with van der Waals surface area (Å²) in [4.78, 5) is 12.0. The summed E-state index contributed by atoms with van der Waals surface area (Å²) < 4.78 is 5.39. The van der Waals surface area contributed by atoms with Crippen LogP contribution in [0.25, 0.3) is 0 Å². The summed E-state index contributed by atoms with van der Waals surface area (Å²) in [5, 5.41) is 14.7. The molecule has 0 saturated heterocycles. The number of fused-ring (bicyclic) bond motifs is 2. The minimum absolute atomic E-state index is 0.237. The highest BCUT2D eigenvalue weighted by Gasteiger charge is 2.56. The van der Waals surface area contributed by atoms with E-state index in [1.54, 1.807) is 6.92 Å². The lowest BCUT2D eigenvalue weighted by Crippen LogP contribution is -2.54. The van der Waals surface area contributed by atoms with Gasteiger partial charge in [-0.2, -0.15) is 10.2 Å². The maximum Gasteiger partial charge on any atom is 0.365 e. The second-order valence-electron chi connectivity index (χ2n) is 8.64. The van der Waals surface area contributed by atoms with E-state index in [0.29, 0.717) is 5.02 Å². The highest BCUT2D eigenvalue weighted by Crippen LogP contribution is 2.55. The van der Waals surface area contributed by atoms with Gasteiger partial charge in [-0.1, -0.05) is 90.5 Å². The fourth-order valence-electron chi connectivity index (χ4n) is 4.70. The first-order chi connectivity index (χ1) is 18.6. The number of para-hydroxylation sites is 1. The molecule has 2 heterocycles. The Bertz CT molecular complexity index is 1560. The molecule has 0 saturated carbocycles. The van der Waals surface area contributed by atoms with Crippen molar-refractivity contribution in [3.8, 4) is 0 Å². The molecule has 6 rings (SSSR count). The van der Waals surface area contributed by atoms with Crippen molar-refractivity contribution in [1.29, 1.82) is 0 Å². The molecule has 0 fully saturated rings. The Labute approximate surface area is 230 Å². The molecule has 8 heteroatoms. The molecule has 4 aromatic rings. The van der Waals surface area contributed by atoms with Gasteiger partial charge in [-0.05, 0) is 49.0 Å². The number of ether oxygens (including phenoxy) is 1. The van der Waals surface area contributed by atoms with Gasteiger partial charge in [0, 0.05) is 21.7 Å². The summed E-state index contributed by atoms with van der Waals surface area (Å²) in [6.07, 6.45) is 0. The maximum absolute atomic E-state index is 13.1. The van der Waals surface area contributed by atoms with E-state index in [1.165, 1.54) is 11.8 Å². The van der Waals surface area contributed by atoms with Crippen LogP contribution < -0.4 is 10.0 Å². The van der Waals surface area contributed by atoms with E-state index in [1.807, 2.05) is 107 Å². The monoisotopic (exact) mass is 538 g/mol. The van der Waals surface area contributed by atoms with Crippen molar-refractivity contribution in [2.45, 2.75) is 11.9 Å². The summed E-state index contributed by atoms with van der Waals surface area (Å²) >= 11 is 7.75. The first kappa shape index (κ1) is 24.3. The van der Waals surface area contributed by atoms with Gasteiger partial charge in [-0.3, -0.25) is 0 Å². The van der Waals surface area contributed by atoms with Crippen molar-refractivity contribution in [3.63, 3.8) is 0 Å². The Morgan fingerprint density at radius 3 is 2.24 bits per heavy atom. The fraction of sp³-hybridized carbons (Fsp3) is 0.100. The first-order valence-electron chi connectivity index (χ1n) is 12.2. The van der Waals surface area contributed by atoms with Gasteiger partial charge in [-0.25, -0.2) is 14.8 Å². The van der Waals surface area contributed by atoms with Crippen LogP contribution >= 0.6 is 23.4 Å². The van der Waals surface area contributed by atoms with E-state index in [-0.39, 0.29) is 11.7 Å². The zero-order valence-electron chi connectivity index (χ0n) is 20.5. The second kappa shape index (κ2) is 10.0. The van der Waals surface area contributed by atoms with Gasteiger partial charge in [0.05, 0.1) is 23.7 Å². The SMILES string of the molecule is CCOC(=O)C1=NN(c2cccc(Cl)c2)[C@@]2(S1)c1ccccc1C(c1ccccc1)=NN2c1ccccc1. The molecule has 0 bridgehead atoms. The van der Waals surface area contributed by atoms with E-state index in [4.69, 9.17) is 26.5 Å². The number of hydrogen-bond acceptors (Lipinski definition) is 7. The van der Waals surface area contributed by atoms with Gasteiger partial charge in [0.1, 0.15) is 0 Å². The molecule has 188 valence electrons. The van der Waals surface area contributed by atoms with Crippen LogP contribution in [-0.4, -0.2) is 23.3 Å². The molecule has 2 aliphatic heterocycles. The molecule has 0 unspecified atom stereocenters. The number of benzene rings is 4. The van der Waals surface area contributed by atoms with Crippen molar-refractivity contribution in [2.24, 2.45) is 10.2 Å². The number of halogens is 1. The highest BCUT2D eigenvalue weighted by atomic mass is 35.5. The van der Waals surface area contributed by atoms with Crippen molar-refractivity contribution >= 4 is 51.5 Å². The summed E-state index contributed by atoms with van der Waals surface area (Å²) in [6.45, 7) is 2.03. The predicted molar refractivity (Wildman–Crippen MR) is 155 cm³/mol. The fourth-order valence-corrected chi connectivity index (χ4v) is 6.17. The number of esters is 1. The van der Waals surface area contributed by atoms with Gasteiger partial charge in [0.2, 0.25) is 10.0 Å². The van der Waals surface area contributed by atoms with Crippen molar-refractivity contribution in [2.75, 3.05) is 16.6 Å². The van der Waals surface area contributed by atoms with E-state index < -0.39 is 11.0 Å². The van der Waals surface area contributed by atoms with Gasteiger partial charge in [0.15, 0.2) is 0 Å². The van der Waals surface area contributed by atoms with E-state index in [9.17, 15) is 4.79 Å². The van der Waals surface area contributed by atoms with E-state index in [2.05, 4.69) is 12.1 Å². The third kappa shape index (κ3) is 4.04. The molecule has 0 aromatic heterocycles. The Morgan fingerprint density at radius 1 is 0.842 bits per heavy atom. The topological polar surface area (TPSA) is 57.5 Å². The van der Waals surface area contributed by atoms with Gasteiger partial charge < -0.3 is 4.74 Å². The van der Waals surface area contributed by atoms with Crippen LogP contribution in [0.5, 0.6) is 0 Å². The minimum atomic E-state index is -1.07. The molecule has 6 nitrogen and oxygen atoms in total. The number of thioether (sulfide) groups is 1. The Morgan fingerprint density at radius 2 is 1.50 bits per heavy atom. The lowest BCUT2D eigenvalue weighted by molar-refractivity contribution is -0.134. The molecular weight excluding hydrogens is 516 g/mol. The maximum atomic E-state index is 13.1. The second-order valence-corrected chi connectivity index (χ2v) is 10.2. The number of rotatable bonds is 5. The molecule has 0 radical (unpaired) electrons. The summed E-state index contributed by atoms with van der Waals surface area (Å²) in [7, 11) is 0. The Balaban J connectivity index is 1.65. The number of hydrogen-bond donors (Lipinski definition) is 0. The third-order valence-electron chi connectivity index (χ3n) is 6.29. The molecule has 38 heavy (non-hydrogen) atoms. The molecular formula is C30H23ClN4O2S. The summed E-state index contributed by atoms with van der Waals surface area (Å²) in [5.74, 6) is -0.482. The summed E-state index contributed by atoms with van der Waals surface area (Å²) in [6, 6.07) is 35.6. The Hall–Kier alpha value is -4.07. The molecule has 0 aliphatic carbocycles. The standard InChI is InChI=1S/C30H23ClN4O2S/c1-2-37-29(36)28-33-35(24-17-11-14-22(31)20-24)30(38-28)26-19-10-9-18-25(26)27(21-12-5-3-6-13-21)32-34(30)23-15-7-4-8-16-23/h3-20H,2H2,1H3/t30-/m1/s1. The smallest absolute Gasteiger partial charge is 0.365 e. The number of anilines is 2. The number of hydrazone groups is 2. The lowest BCUT2D eigenvalue weighted by atomic mass is 9.93. The lowest BCUT2D eigenvalue weighted by Gasteiger charge is -2.47. The zero-order chi connectivity index (χ0) is 26.1. The van der Waals surface area contributed by atoms with Crippen LogP contribution in [0.3, 0.4) is 0 Å². The molecule has 1 atom stereocenters. The average Bonchev–Trinajstić information content (AvgIpc) is 3.36.